The van der Waals surface area contributed by atoms with Crippen LogP contribution in [0.2, 0.25) is 0 Å². The maximum absolute atomic E-state index is 10.3. The molecule has 1 rings (SSSR count). The van der Waals surface area contributed by atoms with Crippen molar-refractivity contribution in [3.8, 4) is 0 Å². The molecule has 4 heteroatoms. The molecule has 1 saturated heterocycles. The van der Waals surface area contributed by atoms with Gasteiger partial charge in [0.05, 0.1) is 0 Å². The van der Waals surface area contributed by atoms with Crippen molar-refractivity contribution in [3.63, 3.8) is 0 Å². The van der Waals surface area contributed by atoms with Crippen LogP contribution in [0, 0.1) is 5.92 Å². The topological polar surface area (TPSA) is 60.2 Å². The third-order valence-corrected chi connectivity index (χ3v) is 1.98. The maximum Gasteiger partial charge on any atom is 0.209 e. The molecule has 0 aliphatic carbocycles. The molecule has 0 unspecified atom stereocenters. The van der Waals surface area contributed by atoms with E-state index in [0.717, 1.165) is 11.8 Å². The molecule has 1 fully saturated rings. The van der Waals surface area contributed by atoms with Gasteiger partial charge < -0.3 is 5.73 Å². The average Bonchev–Trinajstić information content (AvgIpc) is 1.67. The Kier molecular flexibility index (Phi) is 1.35. The molecule has 0 aromatic carbocycles. The lowest BCUT2D eigenvalue weighted by Crippen LogP contribution is -2.37. The van der Waals surface area contributed by atoms with Crippen molar-refractivity contribution in [2.45, 2.75) is 0 Å². The first-order chi connectivity index (χ1) is 3.75. The molecule has 0 spiro atoms. The zero-order chi connectivity index (χ0) is 6.15. The summed E-state index contributed by atoms with van der Waals surface area (Å²) in [5, 5.41) is -0.171. The van der Waals surface area contributed by atoms with Crippen LogP contribution < -0.4 is 5.73 Å². The summed E-state index contributed by atoms with van der Waals surface area (Å²) in [6.07, 6.45) is 0. The van der Waals surface area contributed by atoms with Crippen molar-refractivity contribution in [2.24, 2.45) is 11.7 Å². The van der Waals surface area contributed by atoms with Crippen LogP contribution in [-0.2, 0) is 9.59 Å². The number of rotatable bonds is 1. The molecule has 0 amide bonds. The fourth-order valence-electron chi connectivity index (χ4n) is 0.472. The van der Waals surface area contributed by atoms with Gasteiger partial charge in [-0.25, -0.2) is 0 Å². The molecule has 0 atom stereocenters. The third kappa shape index (κ3) is 0.656. The summed E-state index contributed by atoms with van der Waals surface area (Å²) in [5.74, 6) is -0.486. The van der Waals surface area contributed by atoms with Crippen LogP contribution in [0.25, 0.3) is 0 Å². The lowest BCUT2D eigenvalue weighted by atomic mass is 10.2. The van der Waals surface area contributed by atoms with Gasteiger partial charge in [-0.3, -0.25) is 9.59 Å². The lowest BCUT2D eigenvalue weighted by molar-refractivity contribution is -0.126. The van der Waals surface area contributed by atoms with Gasteiger partial charge in [0.1, 0.15) is 5.92 Å². The standard InChI is InChI=1S/C4H5NO2S/c5-1-2-3(6)8-4(2)7/h2H,1,5H2. The molecule has 0 aromatic heterocycles. The molecule has 44 valence electrons. The molecule has 1 aliphatic heterocycles. The smallest absolute Gasteiger partial charge is 0.209 e. The van der Waals surface area contributed by atoms with E-state index in [0.29, 0.717) is 0 Å². The summed E-state index contributed by atoms with van der Waals surface area (Å²) < 4.78 is 0. The minimum Gasteiger partial charge on any atom is -0.329 e. The summed E-state index contributed by atoms with van der Waals surface area (Å²) in [6.45, 7) is 0.171. The van der Waals surface area contributed by atoms with E-state index in [9.17, 15) is 9.59 Å². The molecule has 8 heavy (non-hydrogen) atoms. The highest BCUT2D eigenvalue weighted by atomic mass is 32.2. The molecule has 0 aromatic rings. The SMILES string of the molecule is NCC1C(=O)SC1=O. The van der Waals surface area contributed by atoms with Crippen LogP contribution in [0.15, 0.2) is 0 Å². The van der Waals surface area contributed by atoms with Crippen LogP contribution in [0.1, 0.15) is 0 Å². The van der Waals surface area contributed by atoms with E-state index < -0.39 is 5.92 Å². The first kappa shape index (κ1) is 5.78. The molecule has 0 bridgehead atoms. The number of hydrogen-bond donors (Lipinski definition) is 1. The fourth-order valence-corrected chi connectivity index (χ4v) is 1.18. The van der Waals surface area contributed by atoms with Crippen LogP contribution in [-0.4, -0.2) is 16.8 Å². The van der Waals surface area contributed by atoms with Gasteiger partial charge in [0, 0.05) is 6.54 Å². The summed E-state index contributed by atoms with van der Waals surface area (Å²) in [7, 11) is 0. The van der Waals surface area contributed by atoms with Crippen molar-refractivity contribution in [2.75, 3.05) is 6.54 Å². The minimum atomic E-state index is -0.486. The van der Waals surface area contributed by atoms with Gasteiger partial charge in [-0.1, -0.05) is 0 Å². The molecule has 2 N–H and O–H groups in total. The molecule has 3 nitrogen and oxygen atoms in total. The predicted molar refractivity (Wildman–Crippen MR) is 30.1 cm³/mol. The molecule has 1 aliphatic rings. The Labute approximate surface area is 50.6 Å². The summed E-state index contributed by atoms with van der Waals surface area (Å²) >= 11 is 0.758. The van der Waals surface area contributed by atoms with Crippen molar-refractivity contribution in [1.29, 1.82) is 0 Å². The van der Waals surface area contributed by atoms with Crippen LogP contribution in [0.3, 0.4) is 0 Å². The van der Waals surface area contributed by atoms with Gasteiger partial charge >= 0.3 is 0 Å². The van der Waals surface area contributed by atoms with Gasteiger partial charge in [0.2, 0.25) is 10.2 Å². The van der Waals surface area contributed by atoms with Gasteiger partial charge in [0.15, 0.2) is 0 Å². The Balaban J connectivity index is 2.52. The molecule has 1 heterocycles. The average molecular weight is 131 g/mol. The lowest BCUT2D eigenvalue weighted by Gasteiger charge is -2.17. The van der Waals surface area contributed by atoms with Crippen molar-refractivity contribution < 1.29 is 9.59 Å². The van der Waals surface area contributed by atoms with E-state index >= 15 is 0 Å². The number of hydrogen-bond acceptors (Lipinski definition) is 4. The summed E-state index contributed by atoms with van der Waals surface area (Å²) in [6, 6.07) is 0. The Morgan fingerprint density at radius 2 is 2.00 bits per heavy atom. The van der Waals surface area contributed by atoms with Crippen LogP contribution in [0.4, 0.5) is 0 Å². The highest BCUT2D eigenvalue weighted by Gasteiger charge is 2.38. The molecule has 0 saturated carbocycles. The van der Waals surface area contributed by atoms with Crippen molar-refractivity contribution >= 4 is 22.0 Å². The monoisotopic (exact) mass is 131 g/mol. The van der Waals surface area contributed by atoms with Crippen molar-refractivity contribution in [3.05, 3.63) is 0 Å². The molecule has 0 radical (unpaired) electrons. The van der Waals surface area contributed by atoms with Crippen LogP contribution in [0.5, 0.6) is 0 Å². The second-order valence-electron chi connectivity index (χ2n) is 1.53. The Bertz CT molecular complexity index is 131. The van der Waals surface area contributed by atoms with Crippen molar-refractivity contribution in [1.82, 2.24) is 0 Å². The first-order valence-electron chi connectivity index (χ1n) is 2.21. The van der Waals surface area contributed by atoms with E-state index in [1.54, 1.807) is 0 Å². The molecular formula is C4H5NO2S. The van der Waals surface area contributed by atoms with Gasteiger partial charge in [-0.2, -0.15) is 0 Å². The Hall–Kier alpha value is -0.350. The number of nitrogens with two attached hydrogens (primary N) is 1. The van der Waals surface area contributed by atoms with E-state index in [1.165, 1.54) is 0 Å². The Morgan fingerprint density at radius 1 is 1.50 bits per heavy atom. The Morgan fingerprint density at radius 3 is 2.12 bits per heavy atom. The quantitative estimate of drug-likeness (QED) is 0.481. The van der Waals surface area contributed by atoms with E-state index in [4.69, 9.17) is 5.73 Å². The zero-order valence-electron chi connectivity index (χ0n) is 4.09. The highest BCUT2D eigenvalue weighted by molar-refractivity contribution is 8.29. The summed E-state index contributed by atoms with van der Waals surface area (Å²) in [4.78, 5) is 20.7. The van der Waals surface area contributed by atoms with E-state index in [1.807, 2.05) is 0 Å². The van der Waals surface area contributed by atoms with Crippen LogP contribution >= 0.6 is 11.8 Å². The maximum atomic E-state index is 10.3. The van der Waals surface area contributed by atoms with E-state index in [-0.39, 0.29) is 16.8 Å². The predicted octanol–water partition coefficient (Wildman–Crippen LogP) is -0.639. The second kappa shape index (κ2) is 1.87. The number of carbonyl (C=O) groups excluding carboxylic acids is 2. The first-order valence-corrected chi connectivity index (χ1v) is 3.03. The summed E-state index contributed by atoms with van der Waals surface area (Å²) in [5.41, 5.74) is 5.06. The zero-order valence-corrected chi connectivity index (χ0v) is 4.90. The minimum absolute atomic E-state index is 0.0856. The highest BCUT2D eigenvalue weighted by Crippen LogP contribution is 2.27. The third-order valence-electron chi connectivity index (χ3n) is 1.01. The normalized spacial score (nSPS) is 21.1. The van der Waals surface area contributed by atoms with Gasteiger partial charge in [-0.15, -0.1) is 0 Å². The van der Waals surface area contributed by atoms with Gasteiger partial charge in [-0.05, 0) is 11.8 Å². The van der Waals surface area contributed by atoms with E-state index in [2.05, 4.69) is 0 Å². The molecular weight excluding hydrogens is 126 g/mol. The largest absolute Gasteiger partial charge is 0.329 e. The number of thioether (sulfide) groups is 1. The fraction of sp³-hybridized carbons (Fsp3) is 0.500. The number of carbonyl (C=O) groups is 2. The second-order valence-corrected chi connectivity index (χ2v) is 2.54. The van der Waals surface area contributed by atoms with Gasteiger partial charge in [0.25, 0.3) is 0 Å².